The van der Waals surface area contributed by atoms with Crippen LogP contribution in [-0.2, 0) is 0 Å². The second-order valence-electron chi connectivity index (χ2n) is 5.19. The summed E-state index contributed by atoms with van der Waals surface area (Å²) in [5.41, 5.74) is 10.6. The van der Waals surface area contributed by atoms with E-state index in [0.29, 0.717) is 18.9 Å². The van der Waals surface area contributed by atoms with Crippen LogP contribution in [0.3, 0.4) is 0 Å². The Hall–Kier alpha value is -2.69. The maximum atomic E-state index is 6.06. The normalized spacial score (nSPS) is 13.6. The summed E-state index contributed by atoms with van der Waals surface area (Å²) in [6.45, 7) is 3.18. The standard InChI is InChI=1S/C16H15N3O2/c1-9-2-3-11(17)10(6-9)16-18-12-7-14-15(8-13(12)19-16)21-5-4-20-14/h2-3,6-8H,4-5,17H2,1H3,(H,18,19). The van der Waals surface area contributed by atoms with Crippen LogP contribution in [0.15, 0.2) is 30.3 Å². The van der Waals surface area contributed by atoms with E-state index in [9.17, 15) is 0 Å². The van der Waals surface area contributed by atoms with Gasteiger partial charge in [-0.2, -0.15) is 0 Å². The first kappa shape index (κ1) is 12.1. The van der Waals surface area contributed by atoms with Gasteiger partial charge in [-0.3, -0.25) is 0 Å². The predicted octanol–water partition coefficient (Wildman–Crippen LogP) is 2.89. The smallest absolute Gasteiger partial charge is 0.163 e. The number of aromatic nitrogens is 2. The number of fused-ring (bicyclic) bond motifs is 2. The minimum atomic E-state index is 0.570. The van der Waals surface area contributed by atoms with E-state index in [0.717, 1.165) is 39.5 Å². The average Bonchev–Trinajstić information content (AvgIpc) is 2.89. The molecule has 1 aromatic heterocycles. The largest absolute Gasteiger partial charge is 0.486 e. The Kier molecular flexibility index (Phi) is 2.54. The van der Waals surface area contributed by atoms with Gasteiger partial charge in [0.2, 0.25) is 0 Å². The quantitative estimate of drug-likeness (QED) is 0.673. The summed E-state index contributed by atoms with van der Waals surface area (Å²) in [6, 6.07) is 9.74. The first-order chi connectivity index (χ1) is 10.2. The van der Waals surface area contributed by atoms with E-state index in [2.05, 4.69) is 9.97 Å². The van der Waals surface area contributed by atoms with Crippen molar-refractivity contribution in [2.75, 3.05) is 18.9 Å². The number of benzene rings is 2. The predicted molar refractivity (Wildman–Crippen MR) is 81.7 cm³/mol. The molecule has 0 fully saturated rings. The second-order valence-corrected chi connectivity index (χ2v) is 5.19. The van der Waals surface area contributed by atoms with Crippen LogP contribution in [0, 0.1) is 6.92 Å². The van der Waals surface area contributed by atoms with E-state index in [4.69, 9.17) is 15.2 Å². The van der Waals surface area contributed by atoms with Gasteiger partial charge in [0.1, 0.15) is 19.0 Å². The zero-order valence-electron chi connectivity index (χ0n) is 11.6. The molecule has 0 unspecified atom stereocenters. The Balaban J connectivity index is 1.88. The van der Waals surface area contributed by atoms with Crippen LogP contribution in [0.5, 0.6) is 11.5 Å². The van der Waals surface area contributed by atoms with Crippen LogP contribution in [0.2, 0.25) is 0 Å². The molecule has 106 valence electrons. The molecule has 3 N–H and O–H groups in total. The lowest BCUT2D eigenvalue weighted by Gasteiger charge is -2.17. The Labute approximate surface area is 121 Å². The second kappa shape index (κ2) is 4.41. The molecule has 0 spiro atoms. The molecule has 1 aliphatic heterocycles. The van der Waals surface area contributed by atoms with Gasteiger partial charge in [-0.25, -0.2) is 4.98 Å². The summed E-state index contributed by atoms with van der Waals surface area (Å²) < 4.78 is 11.2. The fourth-order valence-electron chi connectivity index (χ4n) is 2.55. The highest BCUT2D eigenvalue weighted by molar-refractivity contribution is 5.85. The number of anilines is 1. The van der Waals surface area contributed by atoms with E-state index in [1.165, 1.54) is 0 Å². The van der Waals surface area contributed by atoms with E-state index >= 15 is 0 Å². The third kappa shape index (κ3) is 1.98. The molecule has 0 atom stereocenters. The van der Waals surface area contributed by atoms with Gasteiger partial charge in [-0.15, -0.1) is 0 Å². The molecule has 0 bridgehead atoms. The molecule has 0 aliphatic carbocycles. The molecule has 2 aromatic carbocycles. The first-order valence-electron chi connectivity index (χ1n) is 6.86. The summed E-state index contributed by atoms with van der Waals surface area (Å²) in [4.78, 5) is 7.93. The lowest BCUT2D eigenvalue weighted by atomic mass is 10.1. The van der Waals surface area contributed by atoms with Crippen molar-refractivity contribution in [3.8, 4) is 22.9 Å². The highest BCUT2D eigenvalue weighted by atomic mass is 16.6. The maximum Gasteiger partial charge on any atom is 0.163 e. The molecular formula is C16H15N3O2. The Morgan fingerprint density at radius 1 is 1.10 bits per heavy atom. The number of ether oxygens (including phenoxy) is 2. The van der Waals surface area contributed by atoms with E-state index in [-0.39, 0.29) is 0 Å². The number of nitrogens with zero attached hydrogens (tertiary/aromatic N) is 1. The fraction of sp³-hybridized carbons (Fsp3) is 0.188. The Morgan fingerprint density at radius 2 is 1.86 bits per heavy atom. The highest BCUT2D eigenvalue weighted by Crippen LogP contribution is 2.35. The van der Waals surface area contributed by atoms with Crippen LogP contribution < -0.4 is 15.2 Å². The van der Waals surface area contributed by atoms with E-state index < -0.39 is 0 Å². The average molecular weight is 281 g/mol. The van der Waals surface area contributed by atoms with Crippen molar-refractivity contribution in [1.29, 1.82) is 0 Å². The third-order valence-electron chi connectivity index (χ3n) is 3.61. The minimum Gasteiger partial charge on any atom is -0.486 e. The minimum absolute atomic E-state index is 0.570. The Bertz CT molecular complexity index is 796. The summed E-state index contributed by atoms with van der Waals surface area (Å²) >= 11 is 0. The summed E-state index contributed by atoms with van der Waals surface area (Å²) in [5, 5.41) is 0. The molecule has 0 amide bonds. The van der Waals surface area contributed by atoms with Gasteiger partial charge in [-0.1, -0.05) is 11.6 Å². The van der Waals surface area contributed by atoms with Crippen molar-refractivity contribution in [3.63, 3.8) is 0 Å². The Morgan fingerprint density at radius 3 is 2.67 bits per heavy atom. The van der Waals surface area contributed by atoms with Crippen LogP contribution in [0.4, 0.5) is 5.69 Å². The molecule has 4 rings (SSSR count). The number of aryl methyl sites for hydroxylation is 1. The molecule has 2 heterocycles. The van der Waals surface area contributed by atoms with Crippen LogP contribution in [-0.4, -0.2) is 23.2 Å². The van der Waals surface area contributed by atoms with Crippen molar-refractivity contribution in [3.05, 3.63) is 35.9 Å². The monoisotopic (exact) mass is 281 g/mol. The molecule has 1 aliphatic rings. The number of hydrogen-bond donors (Lipinski definition) is 2. The number of rotatable bonds is 1. The fourth-order valence-corrected chi connectivity index (χ4v) is 2.55. The number of imidazole rings is 1. The molecule has 5 nitrogen and oxygen atoms in total. The van der Waals surface area contributed by atoms with Crippen LogP contribution >= 0.6 is 0 Å². The zero-order chi connectivity index (χ0) is 14.4. The van der Waals surface area contributed by atoms with Crippen molar-refractivity contribution in [2.24, 2.45) is 0 Å². The number of nitrogens with two attached hydrogens (primary N) is 1. The molecule has 0 saturated heterocycles. The summed E-state index contributed by atoms with van der Waals surface area (Å²) in [7, 11) is 0. The highest BCUT2D eigenvalue weighted by Gasteiger charge is 2.16. The first-order valence-corrected chi connectivity index (χ1v) is 6.86. The van der Waals surface area contributed by atoms with Gasteiger partial charge in [0.25, 0.3) is 0 Å². The lowest BCUT2D eigenvalue weighted by molar-refractivity contribution is 0.172. The number of nitrogen functional groups attached to an aromatic ring is 1. The third-order valence-corrected chi connectivity index (χ3v) is 3.61. The van der Waals surface area contributed by atoms with Gasteiger partial charge >= 0.3 is 0 Å². The van der Waals surface area contributed by atoms with Crippen LogP contribution in [0.25, 0.3) is 22.4 Å². The topological polar surface area (TPSA) is 73.2 Å². The van der Waals surface area contributed by atoms with Gasteiger partial charge in [-0.05, 0) is 19.1 Å². The van der Waals surface area contributed by atoms with Gasteiger partial charge < -0.3 is 20.2 Å². The van der Waals surface area contributed by atoms with Gasteiger partial charge in [0.05, 0.1) is 11.0 Å². The van der Waals surface area contributed by atoms with Gasteiger partial charge in [0, 0.05) is 23.4 Å². The summed E-state index contributed by atoms with van der Waals surface area (Å²) in [6.07, 6.45) is 0. The van der Waals surface area contributed by atoms with Crippen LogP contribution in [0.1, 0.15) is 5.56 Å². The molecule has 21 heavy (non-hydrogen) atoms. The number of aromatic amines is 1. The molecule has 5 heteroatoms. The summed E-state index contributed by atoms with van der Waals surface area (Å²) in [5.74, 6) is 2.25. The number of hydrogen-bond acceptors (Lipinski definition) is 4. The maximum absolute atomic E-state index is 6.06. The lowest BCUT2D eigenvalue weighted by Crippen LogP contribution is -2.15. The van der Waals surface area contributed by atoms with Crippen molar-refractivity contribution in [1.82, 2.24) is 9.97 Å². The van der Waals surface area contributed by atoms with Crippen molar-refractivity contribution < 1.29 is 9.47 Å². The van der Waals surface area contributed by atoms with Crippen molar-refractivity contribution in [2.45, 2.75) is 6.92 Å². The molecule has 0 radical (unpaired) electrons. The van der Waals surface area contributed by atoms with E-state index in [1.54, 1.807) is 0 Å². The number of H-pyrrole nitrogens is 1. The molecular weight excluding hydrogens is 266 g/mol. The molecule has 3 aromatic rings. The molecule has 0 saturated carbocycles. The number of nitrogens with one attached hydrogen (secondary N) is 1. The SMILES string of the molecule is Cc1ccc(N)c(-c2nc3cc4c(cc3[nH]2)OCCO4)c1. The van der Waals surface area contributed by atoms with E-state index in [1.807, 2.05) is 37.3 Å². The zero-order valence-corrected chi connectivity index (χ0v) is 11.6. The van der Waals surface area contributed by atoms with Crippen molar-refractivity contribution >= 4 is 16.7 Å². The van der Waals surface area contributed by atoms with Gasteiger partial charge in [0.15, 0.2) is 11.5 Å².